The third kappa shape index (κ3) is 4.11. The van der Waals surface area contributed by atoms with Gasteiger partial charge in [-0.1, -0.05) is 12.1 Å². The normalized spacial score (nSPS) is 10.3. The van der Waals surface area contributed by atoms with Crippen molar-refractivity contribution < 1.29 is 14.6 Å². The van der Waals surface area contributed by atoms with E-state index in [4.69, 9.17) is 9.84 Å². The Morgan fingerprint density at radius 2 is 1.88 bits per heavy atom. The van der Waals surface area contributed by atoms with Gasteiger partial charge in [-0.3, -0.25) is 0 Å². The second-order valence-electron chi connectivity index (χ2n) is 5.39. The molecule has 0 saturated carbocycles. The number of carboxylic acids is 1. The lowest BCUT2D eigenvalue weighted by atomic mass is 10.1. The zero-order valence-electron chi connectivity index (χ0n) is 13.6. The maximum Gasteiger partial charge on any atom is 0.335 e. The Morgan fingerprint density at radius 3 is 2.52 bits per heavy atom. The first-order valence-electron chi connectivity index (χ1n) is 7.70. The van der Waals surface area contributed by atoms with Crippen LogP contribution in [0.15, 0.2) is 60.7 Å². The molecule has 2 N–H and O–H groups in total. The minimum Gasteiger partial charge on any atom is -0.497 e. The standard InChI is InChI=1S/C19H17N3O3/c1-25-16-7-5-14(6-8-16)17-9-10-18(22-21-17)20-12-13-3-2-4-15(11-13)19(23)24/h2-11H,12H2,1H3,(H,20,22)(H,23,24). The van der Waals surface area contributed by atoms with Crippen molar-refractivity contribution in [3.05, 3.63) is 71.8 Å². The lowest BCUT2D eigenvalue weighted by Gasteiger charge is -2.07. The molecule has 0 aliphatic heterocycles. The van der Waals surface area contributed by atoms with Crippen molar-refractivity contribution in [2.24, 2.45) is 0 Å². The SMILES string of the molecule is COc1ccc(-c2ccc(NCc3cccc(C(=O)O)c3)nn2)cc1. The van der Waals surface area contributed by atoms with Crippen LogP contribution in [0.3, 0.4) is 0 Å². The molecule has 25 heavy (non-hydrogen) atoms. The summed E-state index contributed by atoms with van der Waals surface area (Å²) in [5.41, 5.74) is 2.84. The molecule has 0 radical (unpaired) electrons. The van der Waals surface area contributed by atoms with Gasteiger partial charge in [-0.2, -0.15) is 0 Å². The third-order valence-electron chi connectivity index (χ3n) is 3.70. The van der Waals surface area contributed by atoms with E-state index < -0.39 is 5.97 Å². The fourth-order valence-corrected chi connectivity index (χ4v) is 2.35. The molecule has 0 amide bonds. The monoisotopic (exact) mass is 335 g/mol. The summed E-state index contributed by atoms with van der Waals surface area (Å²) in [4.78, 5) is 11.0. The van der Waals surface area contributed by atoms with E-state index in [9.17, 15) is 4.79 Å². The third-order valence-corrected chi connectivity index (χ3v) is 3.70. The maximum atomic E-state index is 11.0. The van der Waals surface area contributed by atoms with E-state index >= 15 is 0 Å². The lowest BCUT2D eigenvalue weighted by molar-refractivity contribution is 0.0696. The van der Waals surface area contributed by atoms with Crippen LogP contribution in [0, 0.1) is 0 Å². The van der Waals surface area contributed by atoms with Crippen molar-refractivity contribution >= 4 is 11.8 Å². The van der Waals surface area contributed by atoms with E-state index in [2.05, 4.69) is 15.5 Å². The van der Waals surface area contributed by atoms with Crippen LogP contribution in [-0.4, -0.2) is 28.4 Å². The molecule has 6 heteroatoms. The van der Waals surface area contributed by atoms with Crippen LogP contribution in [-0.2, 0) is 6.54 Å². The number of anilines is 1. The van der Waals surface area contributed by atoms with Crippen LogP contribution in [0.2, 0.25) is 0 Å². The van der Waals surface area contributed by atoms with Gasteiger partial charge in [0.2, 0.25) is 0 Å². The molecule has 0 saturated heterocycles. The Labute approximate surface area is 145 Å². The van der Waals surface area contributed by atoms with E-state index in [1.807, 2.05) is 42.5 Å². The molecule has 0 spiro atoms. The van der Waals surface area contributed by atoms with E-state index in [-0.39, 0.29) is 5.56 Å². The number of methoxy groups -OCH3 is 1. The summed E-state index contributed by atoms with van der Waals surface area (Å²) in [6, 6.07) is 18.1. The minimum absolute atomic E-state index is 0.264. The number of benzene rings is 2. The molecule has 6 nitrogen and oxygen atoms in total. The van der Waals surface area contributed by atoms with Crippen LogP contribution < -0.4 is 10.1 Å². The van der Waals surface area contributed by atoms with Crippen LogP contribution in [0.1, 0.15) is 15.9 Å². The van der Waals surface area contributed by atoms with Gasteiger partial charge < -0.3 is 15.2 Å². The van der Waals surface area contributed by atoms with Gasteiger partial charge in [0.25, 0.3) is 0 Å². The average Bonchev–Trinajstić information content (AvgIpc) is 2.67. The lowest BCUT2D eigenvalue weighted by Crippen LogP contribution is -2.04. The smallest absolute Gasteiger partial charge is 0.335 e. The number of nitrogens with one attached hydrogen (secondary N) is 1. The highest BCUT2D eigenvalue weighted by molar-refractivity contribution is 5.87. The molecule has 126 valence electrons. The van der Waals surface area contributed by atoms with Gasteiger partial charge >= 0.3 is 5.97 Å². The predicted octanol–water partition coefficient (Wildman–Crippen LogP) is 3.46. The van der Waals surface area contributed by atoms with Crippen LogP contribution >= 0.6 is 0 Å². The fraction of sp³-hybridized carbons (Fsp3) is 0.105. The molecule has 0 fully saturated rings. The molecule has 3 aromatic rings. The van der Waals surface area contributed by atoms with Gasteiger partial charge in [0.15, 0.2) is 0 Å². The van der Waals surface area contributed by atoms with Crippen molar-refractivity contribution in [1.82, 2.24) is 10.2 Å². The predicted molar refractivity (Wildman–Crippen MR) is 94.7 cm³/mol. The van der Waals surface area contributed by atoms with E-state index in [1.54, 1.807) is 25.3 Å². The molecule has 2 aromatic carbocycles. The zero-order valence-corrected chi connectivity index (χ0v) is 13.6. The number of aromatic carboxylic acids is 1. The number of hydrogen-bond acceptors (Lipinski definition) is 5. The molecule has 0 bridgehead atoms. The molecule has 3 rings (SSSR count). The first-order chi connectivity index (χ1) is 12.2. The van der Waals surface area contributed by atoms with Gasteiger partial charge in [-0.05, 0) is 54.1 Å². The van der Waals surface area contributed by atoms with E-state index in [1.165, 1.54) is 0 Å². The Balaban J connectivity index is 1.66. The van der Waals surface area contributed by atoms with Gasteiger partial charge in [0.1, 0.15) is 11.6 Å². The number of ether oxygens (including phenoxy) is 1. The number of aromatic nitrogens is 2. The summed E-state index contributed by atoms with van der Waals surface area (Å²) in [7, 11) is 1.63. The number of rotatable bonds is 6. The largest absolute Gasteiger partial charge is 0.497 e. The summed E-state index contributed by atoms with van der Waals surface area (Å²) >= 11 is 0. The number of carbonyl (C=O) groups is 1. The molecule has 0 aliphatic carbocycles. The number of nitrogens with zero attached hydrogens (tertiary/aromatic N) is 2. The Morgan fingerprint density at radius 1 is 1.08 bits per heavy atom. The number of carboxylic acid groups (broad SMARTS) is 1. The van der Waals surface area contributed by atoms with E-state index in [0.717, 1.165) is 22.6 Å². The second kappa shape index (κ2) is 7.44. The first-order valence-corrected chi connectivity index (χ1v) is 7.70. The second-order valence-corrected chi connectivity index (χ2v) is 5.39. The average molecular weight is 335 g/mol. The summed E-state index contributed by atoms with van der Waals surface area (Å²) in [5, 5.41) is 20.5. The van der Waals surface area contributed by atoms with Crippen molar-refractivity contribution in [2.45, 2.75) is 6.54 Å². The molecule has 0 atom stereocenters. The van der Waals surface area contributed by atoms with Gasteiger partial charge in [0.05, 0.1) is 18.4 Å². The maximum absolute atomic E-state index is 11.0. The van der Waals surface area contributed by atoms with E-state index in [0.29, 0.717) is 12.4 Å². The zero-order chi connectivity index (χ0) is 17.6. The van der Waals surface area contributed by atoms with Crippen molar-refractivity contribution in [2.75, 3.05) is 12.4 Å². The highest BCUT2D eigenvalue weighted by atomic mass is 16.5. The highest BCUT2D eigenvalue weighted by Crippen LogP contribution is 2.20. The summed E-state index contributed by atoms with van der Waals surface area (Å²) in [5.74, 6) is 0.474. The Kier molecular flexibility index (Phi) is 4.89. The van der Waals surface area contributed by atoms with Gasteiger partial charge in [-0.15, -0.1) is 10.2 Å². The molecule has 1 aromatic heterocycles. The summed E-state index contributed by atoms with van der Waals surface area (Å²) in [6.45, 7) is 0.470. The minimum atomic E-state index is -0.939. The van der Waals surface area contributed by atoms with Crippen molar-refractivity contribution in [1.29, 1.82) is 0 Å². The topological polar surface area (TPSA) is 84.3 Å². The number of hydrogen-bond donors (Lipinski definition) is 2. The van der Waals surface area contributed by atoms with Crippen molar-refractivity contribution in [3.63, 3.8) is 0 Å². The molecule has 1 heterocycles. The van der Waals surface area contributed by atoms with Crippen LogP contribution in [0.4, 0.5) is 5.82 Å². The fourth-order valence-electron chi connectivity index (χ4n) is 2.35. The van der Waals surface area contributed by atoms with Crippen molar-refractivity contribution in [3.8, 4) is 17.0 Å². The van der Waals surface area contributed by atoms with Gasteiger partial charge in [0, 0.05) is 12.1 Å². The van der Waals surface area contributed by atoms with Crippen LogP contribution in [0.25, 0.3) is 11.3 Å². The quantitative estimate of drug-likeness (QED) is 0.717. The Bertz CT molecular complexity index is 862. The highest BCUT2D eigenvalue weighted by Gasteiger charge is 2.04. The molecular formula is C19H17N3O3. The molecule has 0 aliphatic rings. The van der Waals surface area contributed by atoms with Gasteiger partial charge in [-0.25, -0.2) is 4.79 Å². The molecular weight excluding hydrogens is 318 g/mol. The Hall–Kier alpha value is -3.41. The molecule has 0 unspecified atom stereocenters. The summed E-state index contributed by atoms with van der Waals surface area (Å²) in [6.07, 6.45) is 0. The van der Waals surface area contributed by atoms with Crippen LogP contribution in [0.5, 0.6) is 5.75 Å². The first kappa shape index (κ1) is 16.4. The summed E-state index contributed by atoms with van der Waals surface area (Å²) < 4.78 is 5.14.